The summed E-state index contributed by atoms with van der Waals surface area (Å²) in [6.07, 6.45) is 1.82. The number of nitrogens with zero attached hydrogens (tertiary/aromatic N) is 4. The first kappa shape index (κ1) is 14.0. The van der Waals surface area contributed by atoms with Gasteiger partial charge in [-0.05, 0) is 12.1 Å². The quantitative estimate of drug-likeness (QED) is 0.634. The van der Waals surface area contributed by atoms with E-state index in [0.29, 0.717) is 6.54 Å². The Balaban J connectivity index is 1.91. The maximum atomic E-state index is 10.5. The van der Waals surface area contributed by atoms with Crippen LogP contribution in [0, 0.1) is 10.1 Å². The number of hydrogen-bond acceptors (Lipinski definition) is 5. The molecular weight excluding hydrogens is 260 g/mol. The highest BCUT2D eigenvalue weighted by Crippen LogP contribution is 2.12. The van der Waals surface area contributed by atoms with Gasteiger partial charge in [-0.15, -0.1) is 0 Å². The third-order valence-corrected chi connectivity index (χ3v) is 2.91. The summed E-state index contributed by atoms with van der Waals surface area (Å²) in [6.45, 7) is 0.628. The number of aliphatic hydroxyl groups is 1. The number of anilines is 1. The van der Waals surface area contributed by atoms with Crippen molar-refractivity contribution in [3.63, 3.8) is 0 Å². The standard InChI is InChI=1S/C13H16N4O3/c1-15(11-5-3-2-4-6-11)9-13(18)10-16-8-12(7-14-16)17(19)20/h2-8,13,18H,9-10H2,1H3. The fourth-order valence-electron chi connectivity index (χ4n) is 1.92. The van der Waals surface area contributed by atoms with Crippen molar-refractivity contribution in [2.24, 2.45) is 0 Å². The van der Waals surface area contributed by atoms with Crippen LogP contribution in [-0.4, -0.2) is 39.5 Å². The van der Waals surface area contributed by atoms with E-state index in [1.54, 1.807) is 0 Å². The lowest BCUT2D eigenvalue weighted by atomic mass is 10.2. The van der Waals surface area contributed by atoms with E-state index in [1.807, 2.05) is 42.3 Å². The molecule has 106 valence electrons. The van der Waals surface area contributed by atoms with Crippen molar-refractivity contribution in [1.82, 2.24) is 9.78 Å². The molecule has 7 heteroatoms. The molecule has 0 radical (unpaired) electrons. The van der Waals surface area contributed by atoms with Crippen LogP contribution >= 0.6 is 0 Å². The molecule has 0 aliphatic carbocycles. The number of aromatic nitrogens is 2. The molecule has 0 aliphatic rings. The highest BCUT2D eigenvalue weighted by atomic mass is 16.6. The first-order valence-electron chi connectivity index (χ1n) is 6.17. The first-order chi connectivity index (χ1) is 9.56. The van der Waals surface area contributed by atoms with Crippen LogP contribution in [-0.2, 0) is 6.54 Å². The Morgan fingerprint density at radius 1 is 1.45 bits per heavy atom. The third kappa shape index (κ3) is 3.55. The summed E-state index contributed by atoms with van der Waals surface area (Å²) < 4.78 is 1.38. The van der Waals surface area contributed by atoms with Crippen LogP contribution in [0.15, 0.2) is 42.7 Å². The van der Waals surface area contributed by atoms with Crippen LogP contribution in [0.4, 0.5) is 11.4 Å². The van der Waals surface area contributed by atoms with Crippen LogP contribution < -0.4 is 4.90 Å². The number of aliphatic hydroxyl groups excluding tert-OH is 1. The molecule has 1 aromatic heterocycles. The summed E-state index contributed by atoms with van der Waals surface area (Å²) in [5.74, 6) is 0. The number of likely N-dealkylation sites (N-methyl/N-ethyl adjacent to an activating group) is 1. The van der Waals surface area contributed by atoms with Gasteiger partial charge in [0.2, 0.25) is 0 Å². The van der Waals surface area contributed by atoms with Crippen LogP contribution in [0.3, 0.4) is 0 Å². The molecule has 1 N–H and O–H groups in total. The van der Waals surface area contributed by atoms with Gasteiger partial charge in [-0.3, -0.25) is 14.8 Å². The maximum Gasteiger partial charge on any atom is 0.306 e. The maximum absolute atomic E-state index is 10.5. The molecule has 7 nitrogen and oxygen atoms in total. The van der Waals surface area contributed by atoms with E-state index in [0.717, 1.165) is 5.69 Å². The van der Waals surface area contributed by atoms with Gasteiger partial charge in [0.15, 0.2) is 0 Å². The fraction of sp³-hybridized carbons (Fsp3) is 0.308. The van der Waals surface area contributed by atoms with Crippen molar-refractivity contribution in [2.75, 3.05) is 18.5 Å². The Labute approximate surface area is 116 Å². The van der Waals surface area contributed by atoms with Crippen molar-refractivity contribution in [3.05, 3.63) is 52.8 Å². The van der Waals surface area contributed by atoms with Gasteiger partial charge >= 0.3 is 5.69 Å². The Bertz CT molecular complexity index is 570. The van der Waals surface area contributed by atoms with Gasteiger partial charge in [0.25, 0.3) is 0 Å². The molecule has 0 amide bonds. The summed E-state index contributed by atoms with van der Waals surface area (Å²) in [4.78, 5) is 12.0. The first-order valence-corrected chi connectivity index (χ1v) is 6.17. The Morgan fingerprint density at radius 2 is 2.15 bits per heavy atom. The smallest absolute Gasteiger partial charge is 0.306 e. The molecule has 2 aromatic rings. The van der Waals surface area contributed by atoms with Gasteiger partial charge in [-0.1, -0.05) is 18.2 Å². The molecule has 0 saturated carbocycles. The van der Waals surface area contributed by atoms with E-state index in [-0.39, 0.29) is 12.2 Å². The molecule has 0 bridgehead atoms. The number of para-hydroxylation sites is 1. The third-order valence-electron chi connectivity index (χ3n) is 2.91. The molecule has 1 aromatic carbocycles. The monoisotopic (exact) mass is 276 g/mol. The highest BCUT2D eigenvalue weighted by molar-refractivity contribution is 5.45. The second kappa shape index (κ2) is 6.16. The zero-order chi connectivity index (χ0) is 14.5. The summed E-state index contributed by atoms with van der Waals surface area (Å²) in [5.41, 5.74) is 0.923. The Morgan fingerprint density at radius 3 is 2.75 bits per heavy atom. The highest BCUT2D eigenvalue weighted by Gasteiger charge is 2.13. The zero-order valence-corrected chi connectivity index (χ0v) is 11.1. The predicted molar refractivity (Wildman–Crippen MR) is 74.6 cm³/mol. The molecule has 0 fully saturated rings. The minimum absolute atomic E-state index is 0.0754. The van der Waals surface area contributed by atoms with Gasteiger partial charge in [0, 0.05) is 19.3 Å². The lowest BCUT2D eigenvalue weighted by Crippen LogP contribution is -2.32. The molecule has 1 unspecified atom stereocenters. The summed E-state index contributed by atoms with van der Waals surface area (Å²) in [7, 11) is 1.88. The summed E-state index contributed by atoms with van der Waals surface area (Å²) >= 11 is 0. The van der Waals surface area contributed by atoms with Crippen molar-refractivity contribution >= 4 is 11.4 Å². The summed E-state index contributed by atoms with van der Waals surface area (Å²) in [5, 5.41) is 24.4. The topological polar surface area (TPSA) is 84.4 Å². The van der Waals surface area contributed by atoms with Crippen molar-refractivity contribution in [3.8, 4) is 0 Å². The number of benzene rings is 1. The van der Waals surface area contributed by atoms with E-state index in [2.05, 4.69) is 5.10 Å². The van der Waals surface area contributed by atoms with Crippen LogP contribution in [0.25, 0.3) is 0 Å². The van der Waals surface area contributed by atoms with Crippen molar-refractivity contribution < 1.29 is 10.0 Å². The largest absolute Gasteiger partial charge is 0.389 e. The lowest BCUT2D eigenvalue weighted by Gasteiger charge is -2.22. The van der Waals surface area contributed by atoms with Crippen LogP contribution in [0.1, 0.15) is 0 Å². The van der Waals surface area contributed by atoms with Crippen molar-refractivity contribution in [2.45, 2.75) is 12.6 Å². The van der Waals surface area contributed by atoms with E-state index < -0.39 is 11.0 Å². The fourth-order valence-corrected chi connectivity index (χ4v) is 1.92. The van der Waals surface area contributed by atoms with Crippen LogP contribution in [0.2, 0.25) is 0 Å². The van der Waals surface area contributed by atoms with Gasteiger partial charge in [-0.2, -0.15) is 5.10 Å². The van der Waals surface area contributed by atoms with Crippen molar-refractivity contribution in [1.29, 1.82) is 0 Å². The van der Waals surface area contributed by atoms with E-state index in [4.69, 9.17) is 0 Å². The normalized spacial score (nSPS) is 12.1. The van der Waals surface area contributed by atoms with Crippen LogP contribution in [0.5, 0.6) is 0 Å². The second-order valence-electron chi connectivity index (χ2n) is 4.55. The average molecular weight is 276 g/mol. The van der Waals surface area contributed by atoms with E-state index in [1.165, 1.54) is 17.1 Å². The molecule has 0 spiro atoms. The predicted octanol–water partition coefficient (Wildman–Crippen LogP) is 1.29. The number of hydrogen-bond donors (Lipinski definition) is 1. The van der Waals surface area contributed by atoms with Gasteiger partial charge in [-0.25, -0.2) is 0 Å². The second-order valence-corrected chi connectivity index (χ2v) is 4.55. The van der Waals surface area contributed by atoms with Gasteiger partial charge < -0.3 is 10.0 Å². The Kier molecular flexibility index (Phi) is 4.31. The minimum Gasteiger partial charge on any atom is -0.389 e. The molecular formula is C13H16N4O3. The molecule has 20 heavy (non-hydrogen) atoms. The SMILES string of the molecule is CN(CC(O)Cn1cc([N+](=O)[O-])cn1)c1ccccc1. The zero-order valence-electron chi connectivity index (χ0n) is 11.1. The minimum atomic E-state index is -0.667. The molecule has 1 atom stereocenters. The van der Waals surface area contributed by atoms with E-state index in [9.17, 15) is 15.2 Å². The van der Waals surface area contributed by atoms with Gasteiger partial charge in [0.1, 0.15) is 12.4 Å². The molecule has 2 rings (SSSR count). The molecule has 0 saturated heterocycles. The summed E-state index contributed by atoms with van der Waals surface area (Å²) in [6, 6.07) is 9.68. The number of nitro groups is 1. The lowest BCUT2D eigenvalue weighted by molar-refractivity contribution is -0.385. The molecule has 0 aliphatic heterocycles. The Hall–Kier alpha value is -2.41. The average Bonchev–Trinajstić information content (AvgIpc) is 2.88. The van der Waals surface area contributed by atoms with Gasteiger partial charge in [0.05, 0.1) is 17.6 Å². The number of rotatable bonds is 6. The van der Waals surface area contributed by atoms with E-state index >= 15 is 0 Å². The molecule has 1 heterocycles.